The topological polar surface area (TPSA) is 106 Å². The normalized spacial score (nSPS) is 18.3. The molecule has 3 aromatic rings. The van der Waals surface area contributed by atoms with Crippen molar-refractivity contribution in [2.75, 3.05) is 17.2 Å². The lowest BCUT2D eigenvalue weighted by Gasteiger charge is -2.29. The number of amides is 1. The molecule has 2 N–H and O–H groups in total. The number of halogens is 3. The molecule has 0 bridgehead atoms. The second-order valence-corrected chi connectivity index (χ2v) is 8.35. The minimum absolute atomic E-state index is 0.104. The summed E-state index contributed by atoms with van der Waals surface area (Å²) in [6, 6.07) is 14.0. The van der Waals surface area contributed by atoms with Crippen molar-refractivity contribution in [3.8, 4) is 0 Å². The van der Waals surface area contributed by atoms with Gasteiger partial charge in [0.05, 0.1) is 16.5 Å². The molecule has 1 aromatic heterocycles. The SMILES string of the molecule is O=C(COC1CCC(Nc2ccc([N+](=O)[O-])c(C(F)(F)F)c2)CC1)Nc1ccc2ccccc2n1. The number of ether oxygens (including phenoxy) is 1. The molecule has 35 heavy (non-hydrogen) atoms. The number of carbonyl (C=O) groups excluding carboxylic acids is 1. The van der Waals surface area contributed by atoms with Crippen LogP contribution in [0.2, 0.25) is 0 Å². The van der Waals surface area contributed by atoms with Crippen molar-refractivity contribution in [2.24, 2.45) is 0 Å². The van der Waals surface area contributed by atoms with Gasteiger partial charge in [0, 0.05) is 23.2 Å². The summed E-state index contributed by atoms with van der Waals surface area (Å²) < 4.78 is 45.3. The fraction of sp³-hybridized carbons (Fsp3) is 0.333. The number of rotatable bonds is 7. The molecule has 1 saturated carbocycles. The van der Waals surface area contributed by atoms with Gasteiger partial charge in [0.15, 0.2) is 0 Å². The van der Waals surface area contributed by atoms with Crippen LogP contribution in [0, 0.1) is 10.1 Å². The van der Waals surface area contributed by atoms with Gasteiger partial charge in [-0.05, 0) is 56.0 Å². The smallest absolute Gasteiger partial charge is 0.382 e. The first-order valence-corrected chi connectivity index (χ1v) is 11.1. The molecule has 1 heterocycles. The predicted octanol–water partition coefficient (Wildman–Crippen LogP) is 5.54. The molecule has 0 atom stereocenters. The molecule has 4 rings (SSSR count). The van der Waals surface area contributed by atoms with Crippen LogP contribution in [0.25, 0.3) is 10.9 Å². The molecule has 0 aliphatic heterocycles. The van der Waals surface area contributed by atoms with Gasteiger partial charge in [-0.3, -0.25) is 14.9 Å². The number of nitro groups is 1. The third kappa shape index (κ3) is 6.24. The molecule has 1 aliphatic rings. The van der Waals surface area contributed by atoms with E-state index in [1.165, 1.54) is 6.07 Å². The number of nitro benzene ring substituents is 1. The van der Waals surface area contributed by atoms with Gasteiger partial charge >= 0.3 is 6.18 Å². The lowest BCUT2D eigenvalue weighted by atomic mass is 9.92. The minimum Gasteiger partial charge on any atom is -0.382 e. The van der Waals surface area contributed by atoms with Crippen molar-refractivity contribution >= 4 is 34.0 Å². The summed E-state index contributed by atoms with van der Waals surface area (Å²) in [5.41, 5.74) is -1.31. The number of para-hydroxylation sites is 1. The average molecular weight is 488 g/mol. The molecule has 11 heteroatoms. The molecule has 0 unspecified atom stereocenters. The largest absolute Gasteiger partial charge is 0.423 e. The summed E-state index contributed by atoms with van der Waals surface area (Å²) in [4.78, 5) is 26.5. The third-order valence-electron chi connectivity index (χ3n) is 5.86. The van der Waals surface area contributed by atoms with E-state index in [0.29, 0.717) is 31.5 Å². The van der Waals surface area contributed by atoms with Crippen LogP contribution in [0.3, 0.4) is 0 Å². The molecular formula is C24H23F3N4O4. The Labute approximate surface area is 198 Å². The fourth-order valence-corrected chi connectivity index (χ4v) is 4.13. The molecular weight excluding hydrogens is 465 g/mol. The fourth-order valence-electron chi connectivity index (χ4n) is 4.13. The Morgan fingerprint density at radius 3 is 2.54 bits per heavy atom. The summed E-state index contributed by atoms with van der Waals surface area (Å²) in [6.45, 7) is -0.130. The Kier molecular flexibility index (Phi) is 7.15. The van der Waals surface area contributed by atoms with Crippen LogP contribution < -0.4 is 10.6 Å². The zero-order chi connectivity index (χ0) is 25.0. The maximum Gasteiger partial charge on any atom is 0.423 e. The van der Waals surface area contributed by atoms with Crippen LogP contribution in [0.1, 0.15) is 31.2 Å². The molecule has 8 nitrogen and oxygen atoms in total. The van der Waals surface area contributed by atoms with E-state index in [-0.39, 0.29) is 30.3 Å². The Morgan fingerprint density at radius 1 is 1.09 bits per heavy atom. The number of nitrogens with one attached hydrogen (secondary N) is 2. The van der Waals surface area contributed by atoms with Gasteiger partial charge in [0.1, 0.15) is 18.0 Å². The van der Waals surface area contributed by atoms with Crippen molar-refractivity contribution in [3.05, 3.63) is 70.3 Å². The van der Waals surface area contributed by atoms with Crippen molar-refractivity contribution < 1.29 is 27.6 Å². The maximum absolute atomic E-state index is 13.2. The van der Waals surface area contributed by atoms with Crippen LogP contribution in [0.5, 0.6) is 0 Å². The van der Waals surface area contributed by atoms with Crippen LogP contribution in [-0.4, -0.2) is 34.6 Å². The highest BCUT2D eigenvalue weighted by molar-refractivity contribution is 5.92. The summed E-state index contributed by atoms with van der Waals surface area (Å²) in [5.74, 6) is 0.116. The Hall–Kier alpha value is -3.73. The van der Waals surface area contributed by atoms with E-state index in [1.807, 2.05) is 30.3 Å². The van der Waals surface area contributed by atoms with E-state index in [2.05, 4.69) is 15.6 Å². The standard InChI is InChI=1S/C24H23F3N4O4/c25-24(26,27)19-13-17(8-11-21(19)31(33)34)28-16-6-9-18(10-7-16)35-14-23(32)30-22-12-5-15-3-1-2-4-20(15)29-22/h1-5,8,11-13,16,18,28H,6-7,9-10,14H2,(H,29,30,32). The van der Waals surface area contributed by atoms with Crippen LogP contribution in [0.4, 0.5) is 30.4 Å². The Morgan fingerprint density at radius 2 is 1.83 bits per heavy atom. The molecule has 1 amide bonds. The van der Waals surface area contributed by atoms with Crippen molar-refractivity contribution in [3.63, 3.8) is 0 Å². The van der Waals surface area contributed by atoms with E-state index in [0.717, 1.165) is 23.0 Å². The second-order valence-electron chi connectivity index (χ2n) is 8.35. The molecule has 0 saturated heterocycles. The van der Waals surface area contributed by atoms with Gasteiger partial charge in [-0.25, -0.2) is 4.98 Å². The van der Waals surface area contributed by atoms with E-state index in [9.17, 15) is 28.1 Å². The van der Waals surface area contributed by atoms with E-state index < -0.39 is 22.4 Å². The molecule has 0 radical (unpaired) electrons. The first-order valence-electron chi connectivity index (χ1n) is 11.1. The molecule has 184 valence electrons. The summed E-state index contributed by atoms with van der Waals surface area (Å²) in [6.07, 6.45) is -2.48. The number of aromatic nitrogens is 1. The number of pyridine rings is 1. The Bertz CT molecular complexity index is 1230. The van der Waals surface area contributed by atoms with Crippen molar-refractivity contribution in [1.29, 1.82) is 0 Å². The second kappa shape index (κ2) is 10.3. The number of hydrogen-bond donors (Lipinski definition) is 2. The molecule has 1 fully saturated rings. The highest BCUT2D eigenvalue weighted by Crippen LogP contribution is 2.38. The zero-order valence-electron chi connectivity index (χ0n) is 18.5. The van der Waals surface area contributed by atoms with Gasteiger partial charge < -0.3 is 15.4 Å². The number of alkyl halides is 3. The predicted molar refractivity (Wildman–Crippen MR) is 124 cm³/mol. The quantitative estimate of drug-likeness (QED) is 0.334. The lowest BCUT2D eigenvalue weighted by Crippen LogP contribution is -2.31. The number of carbonyl (C=O) groups is 1. The molecule has 2 aromatic carbocycles. The van der Waals surface area contributed by atoms with Crippen LogP contribution in [0.15, 0.2) is 54.6 Å². The van der Waals surface area contributed by atoms with E-state index >= 15 is 0 Å². The lowest BCUT2D eigenvalue weighted by molar-refractivity contribution is -0.388. The van der Waals surface area contributed by atoms with E-state index in [4.69, 9.17) is 4.74 Å². The minimum atomic E-state index is -4.82. The number of anilines is 2. The molecule has 0 spiro atoms. The number of fused-ring (bicyclic) bond motifs is 1. The number of benzene rings is 2. The average Bonchev–Trinajstić information content (AvgIpc) is 2.83. The summed E-state index contributed by atoms with van der Waals surface area (Å²) in [5, 5.41) is 17.6. The highest BCUT2D eigenvalue weighted by atomic mass is 19.4. The first kappa shape index (κ1) is 24.4. The van der Waals surface area contributed by atoms with Gasteiger partial charge in [0.25, 0.3) is 11.6 Å². The van der Waals surface area contributed by atoms with E-state index in [1.54, 1.807) is 6.07 Å². The van der Waals surface area contributed by atoms with Crippen molar-refractivity contribution in [2.45, 2.75) is 44.0 Å². The van der Waals surface area contributed by atoms with Gasteiger partial charge in [-0.15, -0.1) is 0 Å². The van der Waals surface area contributed by atoms with Gasteiger partial charge in [-0.2, -0.15) is 13.2 Å². The monoisotopic (exact) mass is 488 g/mol. The van der Waals surface area contributed by atoms with Crippen LogP contribution >= 0.6 is 0 Å². The number of nitrogens with zero attached hydrogens (tertiary/aromatic N) is 2. The Balaban J connectivity index is 1.25. The highest BCUT2D eigenvalue weighted by Gasteiger charge is 2.38. The summed E-state index contributed by atoms with van der Waals surface area (Å²) in [7, 11) is 0. The first-order chi connectivity index (χ1) is 16.7. The van der Waals surface area contributed by atoms with Gasteiger partial charge in [0.2, 0.25) is 0 Å². The third-order valence-corrected chi connectivity index (χ3v) is 5.86. The molecule has 1 aliphatic carbocycles. The van der Waals surface area contributed by atoms with Crippen LogP contribution in [-0.2, 0) is 15.7 Å². The zero-order valence-corrected chi connectivity index (χ0v) is 18.5. The number of hydrogen-bond acceptors (Lipinski definition) is 6. The maximum atomic E-state index is 13.2. The van der Waals surface area contributed by atoms with Gasteiger partial charge in [-0.1, -0.05) is 18.2 Å². The van der Waals surface area contributed by atoms with Crippen molar-refractivity contribution in [1.82, 2.24) is 4.98 Å². The summed E-state index contributed by atoms with van der Waals surface area (Å²) >= 11 is 0.